The van der Waals surface area contributed by atoms with Gasteiger partial charge in [-0.05, 0) is 45.1 Å². The molecule has 4 nitrogen and oxygen atoms in total. The number of rotatable bonds is 7. The van der Waals surface area contributed by atoms with Gasteiger partial charge in [-0.15, -0.1) is 0 Å². The van der Waals surface area contributed by atoms with Crippen molar-refractivity contribution in [3.05, 3.63) is 24.4 Å². The number of piperazine rings is 1. The van der Waals surface area contributed by atoms with E-state index in [1.54, 1.807) is 0 Å². The van der Waals surface area contributed by atoms with Crippen molar-refractivity contribution in [1.82, 2.24) is 14.7 Å². The first-order valence-corrected chi connectivity index (χ1v) is 8.44. The molecule has 4 heteroatoms. The minimum absolute atomic E-state index is 0.605. The van der Waals surface area contributed by atoms with E-state index in [1.807, 2.05) is 0 Å². The molecular formula is C17H29N3O. The molecule has 0 aromatic carbocycles. The SMILES string of the molecule is CN1CCN(CCCCOCC2CC3C=CC=CN32)CC1. The van der Waals surface area contributed by atoms with Crippen LogP contribution in [0.15, 0.2) is 24.4 Å². The second-order valence-corrected chi connectivity index (χ2v) is 6.56. The molecular weight excluding hydrogens is 262 g/mol. The van der Waals surface area contributed by atoms with E-state index < -0.39 is 0 Å². The lowest BCUT2D eigenvalue weighted by Gasteiger charge is -2.48. The maximum Gasteiger partial charge on any atom is 0.0670 e. The number of hydrogen-bond acceptors (Lipinski definition) is 4. The normalized spacial score (nSPS) is 29.5. The summed E-state index contributed by atoms with van der Waals surface area (Å²) >= 11 is 0. The van der Waals surface area contributed by atoms with Crippen molar-refractivity contribution in [3.63, 3.8) is 0 Å². The molecule has 0 aromatic rings. The van der Waals surface area contributed by atoms with E-state index in [0.29, 0.717) is 12.1 Å². The fourth-order valence-corrected chi connectivity index (χ4v) is 3.39. The number of hydrogen-bond donors (Lipinski definition) is 0. The van der Waals surface area contributed by atoms with Gasteiger partial charge in [-0.25, -0.2) is 0 Å². The summed E-state index contributed by atoms with van der Waals surface area (Å²) in [6, 6.07) is 1.25. The molecule has 0 spiro atoms. The molecule has 0 bridgehead atoms. The molecule has 0 aliphatic carbocycles. The molecule has 0 aromatic heterocycles. The molecule has 3 heterocycles. The molecule has 118 valence electrons. The van der Waals surface area contributed by atoms with E-state index in [9.17, 15) is 0 Å². The van der Waals surface area contributed by atoms with E-state index in [2.05, 4.69) is 46.2 Å². The zero-order valence-electron chi connectivity index (χ0n) is 13.3. The van der Waals surface area contributed by atoms with Crippen LogP contribution in [0, 0.1) is 0 Å². The molecule has 0 saturated carbocycles. The summed E-state index contributed by atoms with van der Waals surface area (Å²) in [5.41, 5.74) is 0. The average molecular weight is 291 g/mol. The number of likely N-dealkylation sites (N-methyl/N-ethyl adjacent to an activating group) is 1. The second kappa shape index (κ2) is 7.43. The third-order valence-electron chi connectivity index (χ3n) is 4.94. The summed E-state index contributed by atoms with van der Waals surface area (Å²) in [5.74, 6) is 0. The lowest BCUT2D eigenvalue weighted by atomic mass is 9.92. The molecule has 2 atom stereocenters. The molecule has 21 heavy (non-hydrogen) atoms. The van der Waals surface area contributed by atoms with Gasteiger partial charge in [0.15, 0.2) is 0 Å². The highest BCUT2D eigenvalue weighted by atomic mass is 16.5. The van der Waals surface area contributed by atoms with Crippen LogP contribution >= 0.6 is 0 Å². The van der Waals surface area contributed by atoms with Crippen LogP contribution < -0.4 is 0 Å². The maximum atomic E-state index is 5.87. The first-order chi connectivity index (χ1) is 10.3. The summed E-state index contributed by atoms with van der Waals surface area (Å²) < 4.78 is 5.87. The van der Waals surface area contributed by atoms with Crippen molar-refractivity contribution in [2.24, 2.45) is 0 Å². The number of ether oxygens (including phenoxy) is 1. The van der Waals surface area contributed by atoms with E-state index in [-0.39, 0.29) is 0 Å². The Labute approximate surface area is 129 Å². The Hall–Kier alpha value is -0.840. The molecule has 0 radical (unpaired) electrons. The van der Waals surface area contributed by atoms with Crippen LogP contribution in [0.1, 0.15) is 19.3 Å². The summed E-state index contributed by atoms with van der Waals surface area (Å²) in [4.78, 5) is 7.42. The first kappa shape index (κ1) is 15.1. The van der Waals surface area contributed by atoms with Gasteiger partial charge < -0.3 is 19.4 Å². The predicted molar refractivity (Wildman–Crippen MR) is 86.3 cm³/mol. The molecule has 0 amide bonds. The summed E-state index contributed by atoms with van der Waals surface area (Å²) in [6.07, 6.45) is 12.5. The summed E-state index contributed by atoms with van der Waals surface area (Å²) in [7, 11) is 2.21. The minimum atomic E-state index is 0.605. The highest BCUT2D eigenvalue weighted by Crippen LogP contribution is 2.29. The van der Waals surface area contributed by atoms with Gasteiger partial charge in [-0.2, -0.15) is 0 Å². The maximum absolute atomic E-state index is 5.87. The van der Waals surface area contributed by atoms with Gasteiger partial charge in [-0.3, -0.25) is 0 Å². The van der Waals surface area contributed by atoms with Crippen LogP contribution in [0.2, 0.25) is 0 Å². The van der Waals surface area contributed by atoms with Crippen LogP contribution in [0.3, 0.4) is 0 Å². The highest BCUT2D eigenvalue weighted by molar-refractivity contribution is 5.19. The van der Waals surface area contributed by atoms with Crippen molar-refractivity contribution in [1.29, 1.82) is 0 Å². The van der Waals surface area contributed by atoms with Crippen molar-refractivity contribution >= 4 is 0 Å². The number of nitrogens with zero attached hydrogens (tertiary/aromatic N) is 3. The van der Waals surface area contributed by atoms with Gasteiger partial charge >= 0.3 is 0 Å². The fourth-order valence-electron chi connectivity index (χ4n) is 3.39. The Morgan fingerprint density at radius 2 is 1.95 bits per heavy atom. The van der Waals surface area contributed by atoms with Crippen molar-refractivity contribution in [2.75, 3.05) is 53.0 Å². The molecule has 3 rings (SSSR count). The standard InChI is InChI=1S/C17H29N3O/c1-18-9-11-19(12-10-18)7-4-5-13-21-15-17-14-16-6-2-3-8-20(16)17/h2-3,6,8,16-17H,4-5,7,9-15H2,1H3. The first-order valence-electron chi connectivity index (χ1n) is 8.44. The molecule has 3 aliphatic heterocycles. The van der Waals surface area contributed by atoms with Gasteiger partial charge in [0.1, 0.15) is 0 Å². The molecule has 0 N–H and O–H groups in total. The average Bonchev–Trinajstić information content (AvgIpc) is 2.48. The van der Waals surface area contributed by atoms with Crippen molar-refractivity contribution < 1.29 is 4.74 Å². The topological polar surface area (TPSA) is 19.0 Å². The van der Waals surface area contributed by atoms with Crippen molar-refractivity contribution in [3.8, 4) is 0 Å². The molecule has 2 fully saturated rings. The largest absolute Gasteiger partial charge is 0.379 e. The minimum Gasteiger partial charge on any atom is -0.379 e. The van der Waals surface area contributed by atoms with Crippen LogP contribution in [-0.4, -0.2) is 79.8 Å². The highest BCUT2D eigenvalue weighted by Gasteiger charge is 2.34. The van der Waals surface area contributed by atoms with Crippen LogP contribution in [0.25, 0.3) is 0 Å². The van der Waals surface area contributed by atoms with Gasteiger partial charge in [0, 0.05) is 38.8 Å². The van der Waals surface area contributed by atoms with Gasteiger partial charge in [-0.1, -0.05) is 12.2 Å². The Balaban J connectivity index is 1.19. The molecule has 3 aliphatic rings. The number of fused-ring (bicyclic) bond motifs is 1. The number of unbranched alkanes of at least 4 members (excludes halogenated alkanes) is 1. The quantitative estimate of drug-likeness (QED) is 0.663. The fraction of sp³-hybridized carbons (Fsp3) is 0.765. The van der Waals surface area contributed by atoms with Gasteiger partial charge in [0.2, 0.25) is 0 Å². The molecule has 2 unspecified atom stereocenters. The Morgan fingerprint density at radius 1 is 1.10 bits per heavy atom. The summed E-state index contributed by atoms with van der Waals surface area (Å²) in [5, 5.41) is 0. The smallest absolute Gasteiger partial charge is 0.0670 e. The predicted octanol–water partition coefficient (Wildman–Crippen LogP) is 1.56. The van der Waals surface area contributed by atoms with E-state index in [0.717, 1.165) is 13.2 Å². The third-order valence-corrected chi connectivity index (χ3v) is 4.94. The zero-order chi connectivity index (χ0) is 14.5. The van der Waals surface area contributed by atoms with Crippen LogP contribution in [0.5, 0.6) is 0 Å². The van der Waals surface area contributed by atoms with E-state index in [4.69, 9.17) is 4.74 Å². The van der Waals surface area contributed by atoms with E-state index in [1.165, 1.54) is 52.0 Å². The molecule has 2 saturated heterocycles. The lowest BCUT2D eigenvalue weighted by Crippen LogP contribution is -2.54. The van der Waals surface area contributed by atoms with Crippen molar-refractivity contribution in [2.45, 2.75) is 31.3 Å². The van der Waals surface area contributed by atoms with Gasteiger partial charge in [0.05, 0.1) is 12.6 Å². The number of allylic oxidation sites excluding steroid dienone is 2. The van der Waals surface area contributed by atoms with Gasteiger partial charge in [0.25, 0.3) is 0 Å². The zero-order valence-corrected chi connectivity index (χ0v) is 13.3. The lowest BCUT2D eigenvalue weighted by molar-refractivity contribution is 0.00736. The van der Waals surface area contributed by atoms with Crippen LogP contribution in [0.4, 0.5) is 0 Å². The third kappa shape index (κ3) is 4.09. The Morgan fingerprint density at radius 3 is 2.76 bits per heavy atom. The van der Waals surface area contributed by atoms with Crippen LogP contribution in [-0.2, 0) is 4.74 Å². The second-order valence-electron chi connectivity index (χ2n) is 6.56. The Bertz CT molecular complexity index is 374. The Kier molecular flexibility index (Phi) is 5.33. The summed E-state index contributed by atoms with van der Waals surface area (Å²) in [6.45, 7) is 7.95. The monoisotopic (exact) mass is 291 g/mol. The van der Waals surface area contributed by atoms with E-state index >= 15 is 0 Å².